The van der Waals surface area contributed by atoms with Crippen molar-refractivity contribution in [2.75, 3.05) is 10.6 Å². The predicted molar refractivity (Wildman–Crippen MR) is 114 cm³/mol. The van der Waals surface area contributed by atoms with Crippen molar-refractivity contribution < 1.29 is 44.8 Å². The minimum absolute atomic E-state index is 0.000167. The van der Waals surface area contributed by atoms with Gasteiger partial charge in [-0.2, -0.15) is 13.2 Å². The topological polar surface area (TPSA) is 108 Å². The van der Waals surface area contributed by atoms with Crippen LogP contribution in [0.2, 0.25) is 0 Å². The number of rotatable bonds is 4. The number of fused-ring (bicyclic) bond motifs is 1. The normalized spacial score (nSPS) is 12.1. The molecule has 0 radical (unpaired) electrons. The lowest BCUT2D eigenvalue weighted by atomic mass is 10.0. The number of alkyl halides is 6. The number of carbonyl (C=O) groups excluding carboxylic acids is 1. The second-order valence-electron chi connectivity index (χ2n) is 7.32. The minimum Gasteiger partial charge on any atom is -0.402 e. The molecule has 0 bridgehead atoms. The summed E-state index contributed by atoms with van der Waals surface area (Å²) in [6.07, 6.45) is -9.81. The summed E-state index contributed by atoms with van der Waals surface area (Å²) in [7, 11) is 0. The van der Waals surface area contributed by atoms with E-state index in [1.54, 1.807) is 0 Å². The van der Waals surface area contributed by atoms with Crippen LogP contribution in [-0.4, -0.2) is 17.6 Å². The van der Waals surface area contributed by atoms with Crippen molar-refractivity contribution in [3.05, 3.63) is 66.0 Å². The molecule has 188 valence electrons. The first kappa shape index (κ1) is 24.6. The van der Waals surface area contributed by atoms with E-state index in [-0.39, 0.29) is 28.0 Å². The first-order valence-corrected chi connectivity index (χ1v) is 9.76. The quantitative estimate of drug-likeness (QED) is 0.309. The Labute approximate surface area is 196 Å². The molecule has 0 saturated carbocycles. The molecule has 7 nitrogen and oxygen atoms in total. The van der Waals surface area contributed by atoms with E-state index in [4.69, 9.17) is 16.0 Å². The number of urea groups is 1. The number of primary amides is 1. The van der Waals surface area contributed by atoms with Crippen LogP contribution in [0, 0.1) is 5.82 Å². The molecule has 1 aromatic heterocycles. The number of anilines is 3. The lowest BCUT2D eigenvalue weighted by molar-refractivity contribution is -0.274. The molecule has 2 amide bonds. The van der Waals surface area contributed by atoms with Crippen molar-refractivity contribution in [2.45, 2.75) is 12.5 Å². The van der Waals surface area contributed by atoms with Gasteiger partial charge in [-0.3, -0.25) is 4.90 Å². The van der Waals surface area contributed by atoms with E-state index in [9.17, 15) is 35.5 Å². The van der Waals surface area contributed by atoms with E-state index >= 15 is 0 Å². The van der Waals surface area contributed by atoms with Gasteiger partial charge < -0.3 is 20.7 Å². The number of carbonyl (C=O) groups is 1. The highest BCUT2D eigenvalue weighted by atomic mass is 19.4. The third-order valence-corrected chi connectivity index (χ3v) is 5.01. The molecule has 0 aliphatic rings. The number of nitrogens with two attached hydrogens (primary N) is 2. The molecule has 0 aliphatic carbocycles. The fraction of sp³-hybridized carbons (Fsp3) is 0.0909. The van der Waals surface area contributed by atoms with Crippen molar-refractivity contribution in [1.82, 2.24) is 5.16 Å². The molecule has 4 N–H and O–H groups in total. The number of aromatic nitrogens is 1. The van der Waals surface area contributed by atoms with Crippen LogP contribution in [0.25, 0.3) is 22.1 Å². The van der Waals surface area contributed by atoms with Crippen molar-refractivity contribution in [3.8, 4) is 16.9 Å². The minimum atomic E-state index is -5.01. The summed E-state index contributed by atoms with van der Waals surface area (Å²) < 4.78 is 101. The molecule has 0 unspecified atom stereocenters. The van der Waals surface area contributed by atoms with Gasteiger partial charge in [-0.25, -0.2) is 9.18 Å². The highest BCUT2D eigenvalue weighted by molar-refractivity contribution is 6.04. The van der Waals surface area contributed by atoms with Gasteiger partial charge in [-0.15, -0.1) is 13.2 Å². The molecule has 0 spiro atoms. The molecule has 0 atom stereocenters. The van der Waals surface area contributed by atoms with Gasteiger partial charge >= 0.3 is 18.6 Å². The molecule has 36 heavy (non-hydrogen) atoms. The second-order valence-corrected chi connectivity index (χ2v) is 7.32. The summed E-state index contributed by atoms with van der Waals surface area (Å²) in [5.41, 5.74) is 9.29. The maximum atomic E-state index is 14.4. The Bertz CT molecular complexity index is 1450. The SMILES string of the molecule is NC(=O)N(c1ccc(-c2ccc(OC(F)(F)F)c3onc(N)c23)cc1)c1cc(C(F)(F)F)ccc1F. The van der Waals surface area contributed by atoms with Gasteiger partial charge in [0.2, 0.25) is 5.58 Å². The van der Waals surface area contributed by atoms with Gasteiger partial charge in [-0.05, 0) is 53.6 Å². The summed E-state index contributed by atoms with van der Waals surface area (Å²) in [6.45, 7) is 0. The zero-order chi connectivity index (χ0) is 26.4. The number of hydrogen-bond acceptors (Lipinski definition) is 5. The van der Waals surface area contributed by atoms with E-state index in [2.05, 4.69) is 9.89 Å². The molecule has 14 heteroatoms. The lowest BCUT2D eigenvalue weighted by Crippen LogP contribution is -2.32. The molecule has 0 saturated heterocycles. The Balaban J connectivity index is 1.77. The Morgan fingerprint density at radius 3 is 2.22 bits per heavy atom. The molecule has 0 fully saturated rings. The van der Waals surface area contributed by atoms with Gasteiger partial charge in [0.25, 0.3) is 0 Å². The maximum Gasteiger partial charge on any atom is 0.573 e. The predicted octanol–water partition coefficient (Wildman–Crippen LogP) is 6.35. The van der Waals surface area contributed by atoms with E-state index in [1.165, 1.54) is 30.3 Å². The summed E-state index contributed by atoms with van der Waals surface area (Å²) in [5.74, 6) is -2.05. The molecular formula is C22H13F7N4O3. The first-order chi connectivity index (χ1) is 16.8. The number of nitrogens with zero attached hydrogens (tertiary/aromatic N) is 2. The third-order valence-electron chi connectivity index (χ3n) is 5.01. The van der Waals surface area contributed by atoms with E-state index in [0.717, 1.165) is 6.07 Å². The smallest absolute Gasteiger partial charge is 0.402 e. The molecule has 4 rings (SSSR count). The Kier molecular flexibility index (Phi) is 5.90. The molecule has 0 aliphatic heterocycles. The van der Waals surface area contributed by atoms with Crippen LogP contribution < -0.4 is 21.1 Å². The number of amides is 2. The summed E-state index contributed by atoms with van der Waals surface area (Å²) in [4.78, 5) is 12.6. The van der Waals surface area contributed by atoms with Crippen molar-refractivity contribution in [2.24, 2.45) is 5.73 Å². The Hall–Kier alpha value is -4.49. The fourth-order valence-electron chi connectivity index (χ4n) is 3.53. The average Bonchev–Trinajstić information content (AvgIpc) is 3.16. The number of hydrogen-bond donors (Lipinski definition) is 2. The number of nitrogen functional groups attached to an aromatic ring is 1. The van der Waals surface area contributed by atoms with Crippen LogP contribution in [0.3, 0.4) is 0 Å². The summed E-state index contributed by atoms with van der Waals surface area (Å²) in [6, 6.07) is 7.70. The van der Waals surface area contributed by atoms with Gasteiger partial charge in [0.1, 0.15) is 5.82 Å². The monoisotopic (exact) mass is 514 g/mol. The first-order valence-electron chi connectivity index (χ1n) is 9.76. The number of benzene rings is 3. The van der Waals surface area contributed by atoms with Crippen molar-refractivity contribution in [3.63, 3.8) is 0 Å². The number of halogens is 7. The van der Waals surface area contributed by atoms with Crippen LogP contribution in [0.15, 0.2) is 59.1 Å². The van der Waals surface area contributed by atoms with Gasteiger partial charge in [-0.1, -0.05) is 17.3 Å². The van der Waals surface area contributed by atoms with Crippen LogP contribution >= 0.6 is 0 Å². The second kappa shape index (κ2) is 8.62. The Morgan fingerprint density at radius 2 is 1.64 bits per heavy atom. The van der Waals surface area contributed by atoms with Crippen molar-refractivity contribution in [1.29, 1.82) is 0 Å². The third kappa shape index (κ3) is 4.69. The van der Waals surface area contributed by atoms with Crippen molar-refractivity contribution >= 4 is 34.2 Å². The van der Waals surface area contributed by atoms with Gasteiger partial charge in [0.15, 0.2) is 11.6 Å². The van der Waals surface area contributed by atoms with Crippen LogP contribution in [0.5, 0.6) is 5.75 Å². The summed E-state index contributed by atoms with van der Waals surface area (Å²) >= 11 is 0. The molecular weight excluding hydrogens is 501 g/mol. The van der Waals surface area contributed by atoms with E-state index in [0.29, 0.717) is 28.7 Å². The maximum absolute atomic E-state index is 14.4. The lowest BCUT2D eigenvalue weighted by Gasteiger charge is -2.22. The molecule has 3 aromatic carbocycles. The standard InChI is InChI=1S/C22H13F7N4O3/c23-14-7-3-11(21(24,25)26)9-15(14)33(20(31)34)12-4-1-10(2-5-12)13-6-8-16(35-22(27,28)29)18-17(13)19(30)32-36-18/h1-9H,(H2,30,32)(H2,31,34). The number of ether oxygens (including phenoxy) is 1. The van der Waals surface area contributed by atoms with Crippen LogP contribution in [-0.2, 0) is 6.18 Å². The van der Waals surface area contributed by atoms with Crippen LogP contribution in [0.4, 0.5) is 52.7 Å². The van der Waals surface area contributed by atoms with E-state index < -0.39 is 41.4 Å². The molecule has 4 aromatic rings. The highest BCUT2D eigenvalue weighted by Gasteiger charge is 2.34. The van der Waals surface area contributed by atoms with Gasteiger partial charge in [0, 0.05) is 0 Å². The highest BCUT2D eigenvalue weighted by Crippen LogP contribution is 2.41. The average molecular weight is 514 g/mol. The summed E-state index contributed by atoms with van der Waals surface area (Å²) in [5, 5.41) is 3.47. The molecule has 1 heterocycles. The van der Waals surface area contributed by atoms with Gasteiger partial charge in [0.05, 0.1) is 22.3 Å². The zero-order valence-electron chi connectivity index (χ0n) is 17.6. The van der Waals surface area contributed by atoms with Crippen LogP contribution in [0.1, 0.15) is 5.56 Å². The Morgan fingerprint density at radius 1 is 0.972 bits per heavy atom. The largest absolute Gasteiger partial charge is 0.573 e. The van der Waals surface area contributed by atoms with E-state index in [1.807, 2.05) is 0 Å². The fourth-order valence-corrected chi connectivity index (χ4v) is 3.53. The zero-order valence-corrected chi connectivity index (χ0v) is 17.6.